The number of ether oxygens (including phenoxy) is 1. The molecule has 0 saturated carbocycles. The van der Waals surface area contributed by atoms with E-state index in [0.717, 1.165) is 5.69 Å². The van der Waals surface area contributed by atoms with Gasteiger partial charge in [0.05, 0.1) is 28.4 Å². The number of aromatic nitrogens is 4. The Labute approximate surface area is 176 Å². The molecule has 0 aliphatic carbocycles. The molecule has 4 aromatic rings. The molecular formula is C20H17ClN4O4S. The minimum Gasteiger partial charge on any atom is -0.493 e. The summed E-state index contributed by atoms with van der Waals surface area (Å²) in [4.78, 5) is 20.2. The van der Waals surface area contributed by atoms with Crippen LogP contribution in [0.15, 0.2) is 58.2 Å². The van der Waals surface area contributed by atoms with Crippen molar-refractivity contribution in [3.05, 3.63) is 64.6 Å². The van der Waals surface area contributed by atoms with Gasteiger partial charge in [0.25, 0.3) is 14.6 Å². The second-order valence-corrected chi connectivity index (χ2v) is 9.04. The van der Waals surface area contributed by atoms with E-state index in [9.17, 15) is 13.2 Å². The van der Waals surface area contributed by atoms with Crippen LogP contribution in [0.4, 0.5) is 0 Å². The van der Waals surface area contributed by atoms with Crippen molar-refractivity contribution in [2.45, 2.75) is 18.7 Å². The van der Waals surface area contributed by atoms with Gasteiger partial charge in [-0.2, -0.15) is 5.10 Å². The van der Waals surface area contributed by atoms with Gasteiger partial charge in [-0.3, -0.25) is 4.79 Å². The number of H-pyrrole nitrogens is 1. The molecule has 10 heteroatoms. The quantitative estimate of drug-likeness (QED) is 0.473. The largest absolute Gasteiger partial charge is 0.493 e. The van der Waals surface area contributed by atoms with E-state index >= 15 is 0 Å². The summed E-state index contributed by atoms with van der Waals surface area (Å²) in [6.45, 7) is 3.82. The second kappa shape index (κ2) is 7.58. The van der Waals surface area contributed by atoms with Crippen molar-refractivity contribution < 1.29 is 13.2 Å². The summed E-state index contributed by atoms with van der Waals surface area (Å²) >= 11 is 0. The van der Waals surface area contributed by atoms with E-state index in [-0.39, 0.29) is 28.6 Å². The Bertz CT molecular complexity index is 1410. The number of hydrogen-bond donors (Lipinski definition) is 1. The zero-order valence-corrected chi connectivity index (χ0v) is 17.7. The lowest BCUT2D eigenvalue weighted by atomic mass is 10.2. The Kier molecular flexibility index (Phi) is 5.08. The Hall–Kier alpha value is -3.17. The third-order valence-electron chi connectivity index (χ3n) is 4.49. The normalized spacial score (nSPS) is 11.7. The molecule has 0 aliphatic heterocycles. The van der Waals surface area contributed by atoms with Gasteiger partial charge >= 0.3 is 0 Å². The molecule has 0 radical (unpaired) electrons. The van der Waals surface area contributed by atoms with Crippen LogP contribution in [0.2, 0.25) is 0 Å². The lowest BCUT2D eigenvalue weighted by Gasteiger charge is -2.11. The SMILES string of the molecule is CCOc1cc(S(=O)(=O)Cl)ccc1-c1nc2c(C)nn(-c3ccccc3)c2c(=O)[nH]1. The van der Waals surface area contributed by atoms with Crippen molar-refractivity contribution in [1.82, 2.24) is 19.7 Å². The fourth-order valence-electron chi connectivity index (χ4n) is 3.17. The fourth-order valence-corrected chi connectivity index (χ4v) is 3.94. The summed E-state index contributed by atoms with van der Waals surface area (Å²) in [7, 11) is 1.51. The van der Waals surface area contributed by atoms with E-state index in [1.165, 1.54) is 18.2 Å². The molecule has 0 spiro atoms. The maximum Gasteiger partial charge on any atom is 0.277 e. The molecule has 2 aromatic carbocycles. The van der Waals surface area contributed by atoms with Crippen LogP contribution in [0, 0.1) is 6.92 Å². The summed E-state index contributed by atoms with van der Waals surface area (Å²) in [5, 5.41) is 4.47. The highest BCUT2D eigenvalue weighted by Crippen LogP contribution is 2.32. The molecule has 154 valence electrons. The maximum absolute atomic E-state index is 13.0. The first-order chi connectivity index (χ1) is 14.3. The topological polar surface area (TPSA) is 107 Å². The minimum atomic E-state index is -3.93. The number of rotatable bonds is 5. The van der Waals surface area contributed by atoms with Crippen molar-refractivity contribution >= 4 is 30.8 Å². The van der Waals surface area contributed by atoms with Gasteiger partial charge in [-0.25, -0.2) is 18.1 Å². The Morgan fingerprint density at radius 3 is 2.57 bits per heavy atom. The summed E-state index contributed by atoms with van der Waals surface area (Å²) in [6, 6.07) is 13.4. The van der Waals surface area contributed by atoms with Crippen LogP contribution in [-0.2, 0) is 9.05 Å². The van der Waals surface area contributed by atoms with Gasteiger partial charge in [0.2, 0.25) is 0 Å². The van der Waals surface area contributed by atoms with E-state index in [0.29, 0.717) is 22.3 Å². The molecule has 0 amide bonds. The van der Waals surface area contributed by atoms with E-state index in [1.807, 2.05) is 30.3 Å². The van der Waals surface area contributed by atoms with E-state index in [1.54, 1.807) is 18.5 Å². The average Bonchev–Trinajstić information content (AvgIpc) is 3.05. The Balaban J connectivity index is 1.93. The van der Waals surface area contributed by atoms with Crippen LogP contribution >= 0.6 is 10.7 Å². The molecular weight excluding hydrogens is 428 g/mol. The molecule has 2 aromatic heterocycles. The average molecular weight is 445 g/mol. The van der Waals surface area contributed by atoms with Crippen molar-refractivity contribution in [2.75, 3.05) is 6.61 Å². The molecule has 0 bridgehead atoms. The zero-order chi connectivity index (χ0) is 21.5. The Morgan fingerprint density at radius 1 is 1.17 bits per heavy atom. The van der Waals surface area contributed by atoms with Gasteiger partial charge in [0.15, 0.2) is 5.52 Å². The van der Waals surface area contributed by atoms with Crippen LogP contribution < -0.4 is 10.3 Å². The molecule has 2 heterocycles. The monoisotopic (exact) mass is 444 g/mol. The van der Waals surface area contributed by atoms with Crippen LogP contribution in [0.5, 0.6) is 5.75 Å². The summed E-state index contributed by atoms with van der Waals surface area (Å²) in [5.41, 5.74) is 2.14. The smallest absolute Gasteiger partial charge is 0.277 e. The Morgan fingerprint density at radius 2 is 1.90 bits per heavy atom. The molecule has 0 unspecified atom stereocenters. The molecule has 4 rings (SSSR count). The summed E-state index contributed by atoms with van der Waals surface area (Å²) < 4.78 is 30.5. The third-order valence-corrected chi connectivity index (χ3v) is 5.84. The molecule has 8 nitrogen and oxygen atoms in total. The number of aryl methyl sites for hydroxylation is 1. The van der Waals surface area contributed by atoms with Crippen LogP contribution in [0.1, 0.15) is 12.6 Å². The molecule has 0 aliphatic rings. The molecule has 0 saturated heterocycles. The van der Waals surface area contributed by atoms with Gasteiger partial charge < -0.3 is 9.72 Å². The predicted molar refractivity (Wildman–Crippen MR) is 114 cm³/mol. The predicted octanol–water partition coefficient (Wildman–Crippen LogP) is 3.41. The number of nitrogens with one attached hydrogen (secondary N) is 1. The van der Waals surface area contributed by atoms with Gasteiger partial charge in [-0.1, -0.05) is 18.2 Å². The van der Waals surface area contributed by atoms with Crippen LogP contribution in [-0.4, -0.2) is 34.8 Å². The van der Waals surface area contributed by atoms with E-state index < -0.39 is 9.05 Å². The third kappa shape index (κ3) is 3.57. The minimum absolute atomic E-state index is 0.104. The van der Waals surface area contributed by atoms with Crippen LogP contribution in [0.25, 0.3) is 28.1 Å². The fraction of sp³-hybridized carbons (Fsp3) is 0.150. The molecule has 0 fully saturated rings. The first kappa shape index (κ1) is 20.1. The number of hydrogen-bond acceptors (Lipinski definition) is 6. The highest BCUT2D eigenvalue weighted by molar-refractivity contribution is 8.13. The van der Waals surface area contributed by atoms with Crippen LogP contribution in [0.3, 0.4) is 0 Å². The number of benzene rings is 2. The first-order valence-electron chi connectivity index (χ1n) is 9.06. The lowest BCUT2D eigenvalue weighted by Crippen LogP contribution is -2.13. The number of para-hydroxylation sites is 1. The zero-order valence-electron chi connectivity index (χ0n) is 16.1. The van der Waals surface area contributed by atoms with Crippen molar-refractivity contribution in [2.24, 2.45) is 0 Å². The lowest BCUT2D eigenvalue weighted by molar-refractivity contribution is 0.340. The number of fused-ring (bicyclic) bond motifs is 1. The molecule has 30 heavy (non-hydrogen) atoms. The van der Waals surface area contributed by atoms with Crippen molar-refractivity contribution in [3.63, 3.8) is 0 Å². The molecule has 0 atom stereocenters. The summed E-state index contributed by atoms with van der Waals surface area (Å²) in [5.74, 6) is 0.486. The van der Waals surface area contributed by atoms with Gasteiger partial charge in [0, 0.05) is 16.7 Å². The molecule has 1 N–H and O–H groups in total. The maximum atomic E-state index is 13.0. The number of halogens is 1. The number of aromatic amines is 1. The number of nitrogens with zero attached hydrogens (tertiary/aromatic N) is 3. The highest BCUT2D eigenvalue weighted by atomic mass is 35.7. The van der Waals surface area contributed by atoms with Gasteiger partial charge in [-0.05, 0) is 38.1 Å². The van der Waals surface area contributed by atoms with Gasteiger partial charge in [0.1, 0.15) is 17.1 Å². The standard InChI is InChI=1S/C20H17ClN4O4S/c1-3-29-16-11-14(30(21,27)28)9-10-15(16)19-22-17-12(2)24-25(18(17)20(26)23-19)13-7-5-4-6-8-13/h4-11H,3H2,1-2H3,(H,22,23,26). The van der Waals surface area contributed by atoms with Crippen molar-refractivity contribution in [3.8, 4) is 22.8 Å². The first-order valence-corrected chi connectivity index (χ1v) is 11.4. The summed E-state index contributed by atoms with van der Waals surface area (Å²) in [6.07, 6.45) is 0. The highest BCUT2D eigenvalue weighted by Gasteiger charge is 2.20. The van der Waals surface area contributed by atoms with Gasteiger partial charge in [-0.15, -0.1) is 0 Å². The van der Waals surface area contributed by atoms with E-state index in [4.69, 9.17) is 15.4 Å². The van der Waals surface area contributed by atoms with Crippen molar-refractivity contribution in [1.29, 1.82) is 0 Å². The van der Waals surface area contributed by atoms with E-state index in [2.05, 4.69) is 15.1 Å². The second-order valence-electron chi connectivity index (χ2n) is 6.47.